The number of rotatable bonds is 4. The third-order valence-corrected chi connectivity index (χ3v) is 3.95. The van der Waals surface area contributed by atoms with Crippen molar-refractivity contribution in [2.75, 3.05) is 5.73 Å². The second-order valence-corrected chi connectivity index (χ2v) is 5.38. The highest BCUT2D eigenvalue weighted by atomic mass is 15.1. The maximum Gasteiger partial charge on any atom is 0.0951 e. The van der Waals surface area contributed by atoms with Crippen molar-refractivity contribution >= 4 is 5.69 Å². The molecule has 0 amide bonds. The van der Waals surface area contributed by atoms with Crippen LogP contribution in [0.1, 0.15) is 36.2 Å². The zero-order valence-corrected chi connectivity index (χ0v) is 11.3. The van der Waals surface area contributed by atoms with Crippen molar-refractivity contribution in [2.45, 2.75) is 45.1 Å². The van der Waals surface area contributed by atoms with Gasteiger partial charge in [0.15, 0.2) is 0 Å². The Morgan fingerprint density at radius 3 is 2.74 bits per heavy atom. The van der Waals surface area contributed by atoms with Gasteiger partial charge >= 0.3 is 0 Å². The molecule has 2 N–H and O–H groups in total. The summed E-state index contributed by atoms with van der Waals surface area (Å²) in [5.41, 5.74) is 10.7. The van der Waals surface area contributed by atoms with E-state index >= 15 is 0 Å². The van der Waals surface area contributed by atoms with Gasteiger partial charge in [0, 0.05) is 17.9 Å². The highest BCUT2D eigenvalue weighted by molar-refractivity contribution is 5.39. The van der Waals surface area contributed by atoms with Crippen molar-refractivity contribution in [3.05, 3.63) is 47.5 Å². The van der Waals surface area contributed by atoms with Gasteiger partial charge in [-0.3, -0.25) is 0 Å². The van der Waals surface area contributed by atoms with Crippen LogP contribution >= 0.6 is 0 Å². The number of hydrogen-bond donors (Lipinski definition) is 1. The molecule has 3 heteroatoms. The van der Waals surface area contributed by atoms with Crippen LogP contribution in [-0.2, 0) is 25.8 Å². The molecular weight excluding hydrogens is 234 g/mol. The minimum atomic E-state index is 0.840. The third-order valence-electron chi connectivity index (χ3n) is 3.95. The van der Waals surface area contributed by atoms with E-state index in [1.807, 2.05) is 18.5 Å². The van der Waals surface area contributed by atoms with Crippen molar-refractivity contribution in [3.63, 3.8) is 0 Å². The lowest BCUT2D eigenvalue weighted by atomic mass is 10.0. The highest BCUT2D eigenvalue weighted by Gasteiger charge is 2.14. The summed E-state index contributed by atoms with van der Waals surface area (Å²) in [6.45, 7) is 1.08. The Hall–Kier alpha value is -1.77. The van der Waals surface area contributed by atoms with E-state index in [2.05, 4.69) is 21.7 Å². The standard InChI is InChI=1S/C16H21N3/c17-14-9-7-13(8-10-14)4-3-11-19-12-18-15-5-1-2-6-16(15)19/h7-10,12H,1-6,11,17H2. The molecule has 0 spiro atoms. The van der Waals surface area contributed by atoms with Gasteiger partial charge in [0.2, 0.25) is 0 Å². The Bertz CT molecular complexity index is 540. The summed E-state index contributed by atoms with van der Waals surface area (Å²) in [5.74, 6) is 0. The summed E-state index contributed by atoms with van der Waals surface area (Å²) >= 11 is 0. The predicted octanol–water partition coefficient (Wildman–Crippen LogP) is 2.98. The molecule has 19 heavy (non-hydrogen) atoms. The van der Waals surface area contributed by atoms with E-state index in [1.165, 1.54) is 42.6 Å². The molecule has 0 bridgehead atoms. The van der Waals surface area contributed by atoms with Gasteiger partial charge in [-0.05, 0) is 56.2 Å². The molecule has 0 radical (unpaired) electrons. The molecule has 0 unspecified atom stereocenters. The van der Waals surface area contributed by atoms with Crippen molar-refractivity contribution in [3.8, 4) is 0 Å². The van der Waals surface area contributed by atoms with Gasteiger partial charge in [-0.15, -0.1) is 0 Å². The van der Waals surface area contributed by atoms with Crippen LogP contribution in [0, 0.1) is 0 Å². The summed E-state index contributed by atoms with van der Waals surface area (Å²) in [6.07, 6.45) is 9.28. The smallest absolute Gasteiger partial charge is 0.0951 e. The molecule has 2 aromatic rings. The van der Waals surface area contributed by atoms with Gasteiger partial charge in [-0.2, -0.15) is 0 Å². The fourth-order valence-corrected chi connectivity index (χ4v) is 2.86. The molecule has 0 aliphatic heterocycles. The van der Waals surface area contributed by atoms with Crippen LogP contribution in [0.5, 0.6) is 0 Å². The van der Waals surface area contributed by atoms with Crippen molar-refractivity contribution in [1.29, 1.82) is 0 Å². The number of fused-ring (bicyclic) bond motifs is 1. The molecule has 1 aliphatic rings. The fraction of sp³-hybridized carbons (Fsp3) is 0.438. The SMILES string of the molecule is Nc1ccc(CCCn2cnc3c2CCCC3)cc1. The van der Waals surface area contributed by atoms with Crippen LogP contribution in [0.3, 0.4) is 0 Å². The van der Waals surface area contributed by atoms with Gasteiger partial charge in [0.25, 0.3) is 0 Å². The van der Waals surface area contributed by atoms with Gasteiger partial charge in [-0.25, -0.2) is 4.98 Å². The Kier molecular flexibility index (Phi) is 3.53. The number of hydrogen-bond acceptors (Lipinski definition) is 2. The maximum atomic E-state index is 5.70. The Balaban J connectivity index is 1.57. The molecular formula is C16H21N3. The Labute approximate surface area is 114 Å². The van der Waals surface area contributed by atoms with Crippen LogP contribution in [0.2, 0.25) is 0 Å². The molecule has 0 atom stereocenters. The molecule has 1 aromatic heterocycles. The largest absolute Gasteiger partial charge is 0.399 e. The third kappa shape index (κ3) is 2.80. The number of nitrogens with zero attached hydrogens (tertiary/aromatic N) is 2. The van der Waals surface area contributed by atoms with Gasteiger partial charge in [0.05, 0.1) is 12.0 Å². The van der Waals surface area contributed by atoms with E-state index in [9.17, 15) is 0 Å². The normalized spacial score (nSPS) is 14.3. The average molecular weight is 255 g/mol. The quantitative estimate of drug-likeness (QED) is 0.854. The first kappa shape index (κ1) is 12.3. The molecule has 3 nitrogen and oxygen atoms in total. The second-order valence-electron chi connectivity index (χ2n) is 5.38. The highest BCUT2D eigenvalue weighted by Crippen LogP contribution is 2.20. The number of nitrogen functional groups attached to an aromatic ring is 1. The van der Waals surface area contributed by atoms with Crippen LogP contribution in [-0.4, -0.2) is 9.55 Å². The Morgan fingerprint density at radius 1 is 1.11 bits per heavy atom. The number of nitrogens with two attached hydrogens (primary N) is 1. The van der Waals surface area contributed by atoms with Gasteiger partial charge in [-0.1, -0.05) is 12.1 Å². The minimum Gasteiger partial charge on any atom is -0.399 e. The maximum absolute atomic E-state index is 5.70. The van der Waals surface area contributed by atoms with E-state index in [4.69, 9.17) is 5.73 Å². The first-order valence-electron chi connectivity index (χ1n) is 7.20. The lowest BCUT2D eigenvalue weighted by Crippen LogP contribution is -2.08. The van der Waals surface area contributed by atoms with E-state index in [-0.39, 0.29) is 0 Å². The zero-order chi connectivity index (χ0) is 13.1. The molecule has 1 aliphatic carbocycles. The van der Waals surface area contributed by atoms with Crippen LogP contribution in [0.25, 0.3) is 0 Å². The number of imidazole rings is 1. The second kappa shape index (κ2) is 5.47. The summed E-state index contributed by atoms with van der Waals surface area (Å²) < 4.78 is 2.35. The predicted molar refractivity (Wildman–Crippen MR) is 78.0 cm³/mol. The summed E-state index contributed by atoms with van der Waals surface area (Å²) in [5, 5.41) is 0. The molecule has 1 heterocycles. The van der Waals surface area contributed by atoms with E-state index in [0.29, 0.717) is 0 Å². The fourth-order valence-electron chi connectivity index (χ4n) is 2.86. The van der Waals surface area contributed by atoms with Crippen molar-refractivity contribution in [1.82, 2.24) is 9.55 Å². The zero-order valence-electron chi connectivity index (χ0n) is 11.3. The van der Waals surface area contributed by atoms with Crippen LogP contribution in [0.15, 0.2) is 30.6 Å². The lowest BCUT2D eigenvalue weighted by molar-refractivity contribution is 0.581. The number of benzene rings is 1. The van der Waals surface area contributed by atoms with Crippen LogP contribution < -0.4 is 5.73 Å². The minimum absolute atomic E-state index is 0.840. The molecule has 0 saturated heterocycles. The van der Waals surface area contributed by atoms with Gasteiger partial charge < -0.3 is 10.3 Å². The Morgan fingerprint density at radius 2 is 1.89 bits per heavy atom. The summed E-state index contributed by atoms with van der Waals surface area (Å²) in [7, 11) is 0. The molecule has 1 aromatic carbocycles. The number of anilines is 1. The van der Waals surface area contributed by atoms with E-state index in [1.54, 1.807) is 0 Å². The number of aryl methyl sites for hydroxylation is 3. The summed E-state index contributed by atoms with van der Waals surface area (Å²) in [4.78, 5) is 4.54. The molecule has 100 valence electrons. The number of aromatic nitrogens is 2. The molecule has 3 rings (SSSR count). The van der Waals surface area contributed by atoms with Crippen molar-refractivity contribution in [2.24, 2.45) is 0 Å². The van der Waals surface area contributed by atoms with E-state index < -0.39 is 0 Å². The first-order chi connectivity index (χ1) is 9.33. The topological polar surface area (TPSA) is 43.8 Å². The summed E-state index contributed by atoms with van der Waals surface area (Å²) in [6, 6.07) is 8.21. The molecule has 0 saturated carbocycles. The van der Waals surface area contributed by atoms with Crippen LogP contribution in [0.4, 0.5) is 5.69 Å². The monoisotopic (exact) mass is 255 g/mol. The van der Waals surface area contributed by atoms with E-state index in [0.717, 1.165) is 25.1 Å². The van der Waals surface area contributed by atoms with Crippen molar-refractivity contribution < 1.29 is 0 Å². The van der Waals surface area contributed by atoms with Gasteiger partial charge in [0.1, 0.15) is 0 Å². The first-order valence-corrected chi connectivity index (χ1v) is 7.20. The average Bonchev–Trinajstić information content (AvgIpc) is 2.85. The molecule has 0 fully saturated rings. The lowest BCUT2D eigenvalue weighted by Gasteiger charge is -2.13.